The van der Waals surface area contributed by atoms with Gasteiger partial charge in [0.15, 0.2) is 0 Å². The first kappa shape index (κ1) is 15.5. The highest BCUT2D eigenvalue weighted by Crippen LogP contribution is 2.09. The van der Waals surface area contributed by atoms with E-state index in [0.29, 0.717) is 16.1 Å². The summed E-state index contributed by atoms with van der Waals surface area (Å²) in [5.74, 6) is -0.793. The molecule has 0 fully saturated rings. The number of carbonyl (C=O) groups is 2. The van der Waals surface area contributed by atoms with Crippen molar-refractivity contribution in [2.45, 2.75) is 6.42 Å². The molecule has 0 aliphatic carbocycles. The maximum absolute atomic E-state index is 11.8. The van der Waals surface area contributed by atoms with Crippen LogP contribution in [0.3, 0.4) is 0 Å². The molecule has 22 heavy (non-hydrogen) atoms. The van der Waals surface area contributed by atoms with Crippen molar-refractivity contribution in [2.24, 2.45) is 0 Å². The summed E-state index contributed by atoms with van der Waals surface area (Å²) in [5, 5.41) is 9.28. The Bertz CT molecular complexity index is 719. The summed E-state index contributed by atoms with van der Waals surface area (Å²) in [6, 6.07) is 14.9. The van der Waals surface area contributed by atoms with Crippen LogP contribution in [-0.4, -0.2) is 11.8 Å². The van der Waals surface area contributed by atoms with Crippen LogP contribution in [0.5, 0.6) is 0 Å². The summed E-state index contributed by atoms with van der Waals surface area (Å²) in [6.07, 6.45) is 0.130. The third kappa shape index (κ3) is 4.33. The third-order valence-electron chi connectivity index (χ3n) is 2.87. The van der Waals surface area contributed by atoms with Gasteiger partial charge in [0, 0.05) is 10.6 Å². The van der Waals surface area contributed by atoms with Crippen LogP contribution in [-0.2, 0) is 11.2 Å². The van der Waals surface area contributed by atoms with Crippen molar-refractivity contribution in [3.8, 4) is 6.07 Å². The normalized spacial score (nSPS) is 9.64. The molecule has 0 saturated heterocycles. The minimum atomic E-state index is -0.450. The van der Waals surface area contributed by atoms with Crippen molar-refractivity contribution in [2.75, 3.05) is 0 Å². The molecule has 0 heterocycles. The van der Waals surface area contributed by atoms with Crippen molar-refractivity contribution in [3.63, 3.8) is 0 Å². The van der Waals surface area contributed by atoms with E-state index in [1.807, 2.05) is 6.07 Å². The molecule has 0 spiro atoms. The Morgan fingerprint density at radius 2 is 1.64 bits per heavy atom. The Labute approximate surface area is 132 Å². The summed E-state index contributed by atoms with van der Waals surface area (Å²) in [4.78, 5) is 23.6. The SMILES string of the molecule is N#Cc1ccc(C(=O)NNC(=O)Cc2ccc(Cl)cc2)cc1. The average Bonchev–Trinajstić information content (AvgIpc) is 2.55. The Hall–Kier alpha value is -2.84. The second-order valence-corrected chi connectivity index (χ2v) is 4.93. The maximum Gasteiger partial charge on any atom is 0.269 e. The van der Waals surface area contributed by atoms with E-state index in [1.165, 1.54) is 24.3 Å². The van der Waals surface area contributed by atoms with Crippen LogP contribution in [0, 0.1) is 11.3 Å². The summed E-state index contributed by atoms with van der Waals surface area (Å²) in [6.45, 7) is 0. The first-order valence-electron chi connectivity index (χ1n) is 6.42. The lowest BCUT2D eigenvalue weighted by Gasteiger charge is -2.07. The molecular formula is C16H12ClN3O2. The zero-order chi connectivity index (χ0) is 15.9. The maximum atomic E-state index is 11.8. The van der Waals surface area contributed by atoms with Crippen molar-refractivity contribution in [1.29, 1.82) is 5.26 Å². The zero-order valence-corrected chi connectivity index (χ0v) is 12.2. The van der Waals surface area contributed by atoms with Gasteiger partial charge in [-0.2, -0.15) is 5.26 Å². The molecule has 0 aliphatic rings. The molecule has 5 nitrogen and oxygen atoms in total. The fraction of sp³-hybridized carbons (Fsp3) is 0.0625. The molecule has 2 N–H and O–H groups in total. The number of hydrazine groups is 1. The van der Waals surface area contributed by atoms with Crippen LogP contribution in [0.25, 0.3) is 0 Å². The van der Waals surface area contributed by atoms with E-state index in [4.69, 9.17) is 16.9 Å². The lowest BCUT2D eigenvalue weighted by atomic mass is 10.1. The largest absolute Gasteiger partial charge is 0.273 e. The van der Waals surface area contributed by atoms with Gasteiger partial charge in [-0.25, -0.2) is 0 Å². The van der Waals surface area contributed by atoms with E-state index in [1.54, 1.807) is 24.3 Å². The molecule has 2 amide bonds. The van der Waals surface area contributed by atoms with Gasteiger partial charge in [-0.05, 0) is 42.0 Å². The lowest BCUT2D eigenvalue weighted by Crippen LogP contribution is -2.42. The van der Waals surface area contributed by atoms with E-state index in [9.17, 15) is 9.59 Å². The molecule has 0 saturated carbocycles. The highest BCUT2D eigenvalue weighted by molar-refractivity contribution is 6.30. The Morgan fingerprint density at radius 3 is 2.23 bits per heavy atom. The van der Waals surface area contributed by atoms with Gasteiger partial charge in [0.2, 0.25) is 5.91 Å². The van der Waals surface area contributed by atoms with Gasteiger partial charge in [0.05, 0.1) is 18.1 Å². The van der Waals surface area contributed by atoms with E-state index in [2.05, 4.69) is 10.9 Å². The molecule has 0 bridgehead atoms. The Balaban J connectivity index is 1.86. The number of benzene rings is 2. The number of halogens is 1. The average molecular weight is 314 g/mol. The fourth-order valence-electron chi connectivity index (χ4n) is 1.73. The lowest BCUT2D eigenvalue weighted by molar-refractivity contribution is -0.121. The van der Waals surface area contributed by atoms with E-state index < -0.39 is 5.91 Å². The second-order valence-electron chi connectivity index (χ2n) is 4.49. The zero-order valence-electron chi connectivity index (χ0n) is 11.5. The molecule has 0 unspecified atom stereocenters. The molecule has 2 aromatic rings. The van der Waals surface area contributed by atoms with Gasteiger partial charge < -0.3 is 0 Å². The predicted octanol–water partition coefficient (Wildman–Crippen LogP) is 2.22. The fourth-order valence-corrected chi connectivity index (χ4v) is 1.85. The first-order chi connectivity index (χ1) is 10.6. The number of hydrogen-bond donors (Lipinski definition) is 2. The van der Waals surface area contributed by atoms with Gasteiger partial charge in [0.25, 0.3) is 5.91 Å². The molecule has 6 heteroatoms. The van der Waals surface area contributed by atoms with Crippen molar-refractivity contribution in [1.82, 2.24) is 10.9 Å². The third-order valence-corrected chi connectivity index (χ3v) is 3.12. The smallest absolute Gasteiger partial charge is 0.269 e. The number of carbonyl (C=O) groups excluding carboxylic acids is 2. The standard InChI is InChI=1S/C16H12ClN3O2/c17-14-7-3-11(4-8-14)9-15(21)19-20-16(22)13-5-1-12(10-18)2-6-13/h1-8H,9H2,(H,19,21)(H,20,22). The second kappa shape index (κ2) is 7.25. The molecule has 2 rings (SSSR count). The molecular weight excluding hydrogens is 302 g/mol. The van der Waals surface area contributed by atoms with Gasteiger partial charge >= 0.3 is 0 Å². The number of nitriles is 1. The van der Waals surface area contributed by atoms with Crippen molar-refractivity contribution >= 4 is 23.4 Å². The highest BCUT2D eigenvalue weighted by Gasteiger charge is 2.08. The van der Waals surface area contributed by atoms with Crippen LogP contribution < -0.4 is 10.9 Å². The molecule has 0 atom stereocenters. The van der Waals surface area contributed by atoms with Crippen LogP contribution in [0.4, 0.5) is 0 Å². The van der Waals surface area contributed by atoms with Gasteiger partial charge in [0.1, 0.15) is 0 Å². The number of nitrogens with one attached hydrogen (secondary N) is 2. The number of rotatable bonds is 3. The highest BCUT2D eigenvalue weighted by atomic mass is 35.5. The van der Waals surface area contributed by atoms with Crippen molar-refractivity contribution in [3.05, 3.63) is 70.2 Å². The van der Waals surface area contributed by atoms with Crippen LogP contribution in [0.1, 0.15) is 21.5 Å². The quantitative estimate of drug-likeness (QED) is 0.852. The predicted molar refractivity (Wildman–Crippen MR) is 81.9 cm³/mol. The Kier molecular flexibility index (Phi) is 5.12. The van der Waals surface area contributed by atoms with E-state index in [0.717, 1.165) is 5.56 Å². The number of hydrogen-bond acceptors (Lipinski definition) is 3. The molecule has 2 aromatic carbocycles. The topological polar surface area (TPSA) is 82.0 Å². The number of nitrogens with zero attached hydrogens (tertiary/aromatic N) is 1. The summed E-state index contributed by atoms with van der Waals surface area (Å²) < 4.78 is 0. The van der Waals surface area contributed by atoms with E-state index >= 15 is 0 Å². The van der Waals surface area contributed by atoms with Crippen molar-refractivity contribution < 1.29 is 9.59 Å². The van der Waals surface area contributed by atoms with Crippen LogP contribution in [0.2, 0.25) is 5.02 Å². The summed E-state index contributed by atoms with van der Waals surface area (Å²) in [7, 11) is 0. The molecule has 110 valence electrons. The minimum Gasteiger partial charge on any atom is -0.273 e. The van der Waals surface area contributed by atoms with Crippen LogP contribution >= 0.6 is 11.6 Å². The summed E-state index contributed by atoms with van der Waals surface area (Å²) in [5.41, 5.74) is 6.26. The monoisotopic (exact) mass is 313 g/mol. The van der Waals surface area contributed by atoms with Crippen LogP contribution in [0.15, 0.2) is 48.5 Å². The Morgan fingerprint density at radius 1 is 1.00 bits per heavy atom. The van der Waals surface area contributed by atoms with Gasteiger partial charge in [-0.15, -0.1) is 0 Å². The molecule has 0 aliphatic heterocycles. The van der Waals surface area contributed by atoms with Gasteiger partial charge in [-0.3, -0.25) is 20.4 Å². The summed E-state index contributed by atoms with van der Waals surface area (Å²) >= 11 is 5.76. The van der Waals surface area contributed by atoms with Gasteiger partial charge in [-0.1, -0.05) is 23.7 Å². The van der Waals surface area contributed by atoms with E-state index in [-0.39, 0.29) is 12.3 Å². The molecule has 0 radical (unpaired) electrons. The number of amides is 2. The minimum absolute atomic E-state index is 0.130. The first-order valence-corrected chi connectivity index (χ1v) is 6.80. The molecule has 0 aromatic heterocycles.